The van der Waals surface area contributed by atoms with Crippen LogP contribution >= 0.6 is 0 Å². The summed E-state index contributed by atoms with van der Waals surface area (Å²) in [5, 5.41) is 3.06. The smallest absolute Gasteiger partial charge is 0.325 e. The minimum atomic E-state index is -0.572. The second-order valence-electron chi connectivity index (χ2n) is 5.16. The molecule has 0 aromatic rings. The number of ether oxygens (including phenoxy) is 2. The summed E-state index contributed by atoms with van der Waals surface area (Å²) in [6.45, 7) is 10.7. The molecule has 0 saturated carbocycles. The molecule has 0 rings (SSSR count). The zero-order valence-corrected chi connectivity index (χ0v) is 13.8. The van der Waals surface area contributed by atoms with E-state index in [1.165, 1.54) is 7.11 Å². The van der Waals surface area contributed by atoms with E-state index in [0.717, 1.165) is 52.1 Å². The highest BCUT2D eigenvalue weighted by Crippen LogP contribution is 2.15. The number of hydrogen-bond acceptors (Lipinski definition) is 5. The molecule has 0 aromatic carbocycles. The van der Waals surface area contributed by atoms with Crippen LogP contribution in [-0.4, -0.2) is 63.4 Å². The summed E-state index contributed by atoms with van der Waals surface area (Å²) in [5.41, 5.74) is -0.572. The molecule has 0 saturated heterocycles. The number of hydrogen-bond donors (Lipinski definition) is 1. The van der Waals surface area contributed by atoms with Crippen LogP contribution in [0.2, 0.25) is 0 Å². The Balaban J connectivity index is 3.94. The van der Waals surface area contributed by atoms with Gasteiger partial charge in [-0.15, -0.1) is 0 Å². The molecule has 0 amide bonds. The zero-order valence-electron chi connectivity index (χ0n) is 13.8. The first-order chi connectivity index (χ1) is 9.53. The van der Waals surface area contributed by atoms with Gasteiger partial charge in [0.15, 0.2) is 0 Å². The summed E-state index contributed by atoms with van der Waals surface area (Å²) in [7, 11) is 3.24. The summed E-state index contributed by atoms with van der Waals surface area (Å²) in [5.74, 6) is -0.191. The van der Waals surface area contributed by atoms with Gasteiger partial charge >= 0.3 is 5.97 Å². The van der Waals surface area contributed by atoms with E-state index < -0.39 is 5.54 Å². The molecule has 5 heteroatoms. The highest BCUT2D eigenvalue weighted by molar-refractivity contribution is 5.80. The Labute approximate surface area is 124 Å². The van der Waals surface area contributed by atoms with Crippen LogP contribution in [-0.2, 0) is 14.3 Å². The summed E-state index contributed by atoms with van der Waals surface area (Å²) in [6, 6.07) is 0. The first-order valence-electron chi connectivity index (χ1n) is 7.61. The number of carbonyl (C=O) groups is 1. The maximum absolute atomic E-state index is 11.7. The summed E-state index contributed by atoms with van der Waals surface area (Å²) >= 11 is 0. The Morgan fingerprint density at radius 2 is 1.95 bits per heavy atom. The van der Waals surface area contributed by atoms with E-state index in [2.05, 4.69) is 17.1 Å². The van der Waals surface area contributed by atoms with Crippen molar-refractivity contribution in [2.75, 3.05) is 47.0 Å². The number of nitrogens with zero attached hydrogens (tertiary/aromatic N) is 1. The van der Waals surface area contributed by atoms with Crippen LogP contribution in [0.25, 0.3) is 0 Å². The van der Waals surface area contributed by atoms with Gasteiger partial charge in [0, 0.05) is 13.2 Å². The Kier molecular flexibility index (Phi) is 10.7. The summed E-state index contributed by atoms with van der Waals surface area (Å²) in [4.78, 5) is 14.1. The fourth-order valence-corrected chi connectivity index (χ4v) is 2.13. The standard InChI is InChI=1S/C15H32N2O3/c1-6-17(12-13-20-7-2)11-9-8-10-15(3,16-4)14(18)19-5/h16H,6-13H2,1-5H3. The molecule has 0 fully saturated rings. The van der Waals surface area contributed by atoms with Crippen LogP contribution < -0.4 is 5.32 Å². The number of carbonyl (C=O) groups excluding carboxylic acids is 1. The molecule has 1 atom stereocenters. The summed E-state index contributed by atoms with van der Waals surface area (Å²) < 4.78 is 10.2. The van der Waals surface area contributed by atoms with Crippen molar-refractivity contribution in [1.82, 2.24) is 10.2 Å². The Bertz CT molecular complexity index is 262. The molecule has 0 aliphatic rings. The second-order valence-corrected chi connectivity index (χ2v) is 5.16. The van der Waals surface area contributed by atoms with Gasteiger partial charge in [-0.2, -0.15) is 0 Å². The lowest BCUT2D eigenvalue weighted by atomic mass is 9.95. The van der Waals surface area contributed by atoms with Gasteiger partial charge in [-0.1, -0.05) is 6.92 Å². The fraction of sp³-hybridized carbons (Fsp3) is 0.933. The van der Waals surface area contributed by atoms with Crippen LogP contribution in [0, 0.1) is 0 Å². The first-order valence-corrected chi connectivity index (χ1v) is 7.61. The molecule has 0 aromatic heterocycles. The van der Waals surface area contributed by atoms with E-state index in [1.807, 2.05) is 13.8 Å². The molecule has 120 valence electrons. The van der Waals surface area contributed by atoms with E-state index in [0.29, 0.717) is 0 Å². The lowest BCUT2D eigenvalue weighted by Gasteiger charge is -2.26. The Morgan fingerprint density at radius 1 is 1.25 bits per heavy atom. The maximum atomic E-state index is 11.7. The SMILES string of the molecule is CCOCCN(CC)CCCCC(C)(NC)C(=O)OC. The lowest BCUT2D eigenvalue weighted by molar-refractivity contribution is -0.148. The minimum Gasteiger partial charge on any atom is -0.468 e. The average molecular weight is 288 g/mol. The second kappa shape index (κ2) is 11.1. The Hall–Kier alpha value is -0.650. The van der Waals surface area contributed by atoms with Crippen molar-refractivity contribution >= 4 is 5.97 Å². The van der Waals surface area contributed by atoms with Crippen LogP contribution in [0.1, 0.15) is 40.0 Å². The molecule has 0 aliphatic carbocycles. The molecule has 20 heavy (non-hydrogen) atoms. The minimum absolute atomic E-state index is 0.191. The van der Waals surface area contributed by atoms with E-state index in [4.69, 9.17) is 9.47 Å². The van der Waals surface area contributed by atoms with E-state index >= 15 is 0 Å². The van der Waals surface area contributed by atoms with E-state index in [-0.39, 0.29) is 5.97 Å². The number of unbranched alkanes of at least 4 members (excludes halogenated alkanes) is 1. The third-order valence-electron chi connectivity index (χ3n) is 3.79. The van der Waals surface area contributed by atoms with Gasteiger partial charge in [-0.25, -0.2) is 0 Å². The number of nitrogens with one attached hydrogen (secondary N) is 1. The van der Waals surface area contributed by atoms with Gasteiger partial charge in [0.1, 0.15) is 5.54 Å². The zero-order chi connectivity index (χ0) is 15.4. The van der Waals surface area contributed by atoms with Crippen LogP contribution in [0.4, 0.5) is 0 Å². The van der Waals surface area contributed by atoms with Crippen molar-refractivity contribution in [3.8, 4) is 0 Å². The monoisotopic (exact) mass is 288 g/mol. The van der Waals surface area contributed by atoms with Gasteiger partial charge in [0.2, 0.25) is 0 Å². The molecule has 0 spiro atoms. The highest BCUT2D eigenvalue weighted by atomic mass is 16.5. The lowest BCUT2D eigenvalue weighted by Crippen LogP contribution is -2.48. The van der Waals surface area contributed by atoms with Crippen LogP contribution in [0.15, 0.2) is 0 Å². The van der Waals surface area contributed by atoms with Gasteiger partial charge in [0.05, 0.1) is 13.7 Å². The van der Waals surface area contributed by atoms with Crippen molar-refractivity contribution in [3.05, 3.63) is 0 Å². The van der Waals surface area contributed by atoms with Crippen molar-refractivity contribution in [3.63, 3.8) is 0 Å². The predicted octanol–water partition coefficient (Wildman–Crippen LogP) is 1.67. The third kappa shape index (κ3) is 7.22. The summed E-state index contributed by atoms with van der Waals surface area (Å²) in [6.07, 6.45) is 2.87. The fourth-order valence-electron chi connectivity index (χ4n) is 2.13. The van der Waals surface area contributed by atoms with Crippen LogP contribution in [0.3, 0.4) is 0 Å². The molecule has 0 bridgehead atoms. The van der Waals surface area contributed by atoms with Crippen molar-refractivity contribution in [1.29, 1.82) is 0 Å². The third-order valence-corrected chi connectivity index (χ3v) is 3.79. The van der Waals surface area contributed by atoms with Gasteiger partial charge < -0.3 is 19.7 Å². The van der Waals surface area contributed by atoms with Gasteiger partial charge in [-0.3, -0.25) is 4.79 Å². The average Bonchev–Trinajstić information content (AvgIpc) is 2.48. The van der Waals surface area contributed by atoms with Gasteiger partial charge in [0.25, 0.3) is 0 Å². The van der Waals surface area contributed by atoms with Crippen molar-refractivity contribution in [2.24, 2.45) is 0 Å². The highest BCUT2D eigenvalue weighted by Gasteiger charge is 2.31. The number of rotatable bonds is 12. The van der Waals surface area contributed by atoms with E-state index in [9.17, 15) is 4.79 Å². The molecular weight excluding hydrogens is 256 g/mol. The quantitative estimate of drug-likeness (QED) is 0.437. The molecule has 0 heterocycles. The maximum Gasteiger partial charge on any atom is 0.325 e. The first kappa shape index (κ1) is 19.4. The number of esters is 1. The topological polar surface area (TPSA) is 50.8 Å². The molecular formula is C15H32N2O3. The van der Waals surface area contributed by atoms with Crippen molar-refractivity contribution in [2.45, 2.75) is 45.6 Å². The van der Waals surface area contributed by atoms with Crippen molar-refractivity contribution < 1.29 is 14.3 Å². The molecule has 1 N–H and O–H groups in total. The Morgan fingerprint density at radius 3 is 2.45 bits per heavy atom. The normalized spacial score (nSPS) is 14.3. The van der Waals surface area contributed by atoms with Gasteiger partial charge in [-0.05, 0) is 53.2 Å². The predicted molar refractivity (Wildman–Crippen MR) is 81.9 cm³/mol. The van der Waals surface area contributed by atoms with E-state index in [1.54, 1.807) is 7.05 Å². The molecule has 0 radical (unpaired) electrons. The largest absolute Gasteiger partial charge is 0.468 e. The molecule has 5 nitrogen and oxygen atoms in total. The van der Waals surface area contributed by atoms with Crippen LogP contribution in [0.5, 0.6) is 0 Å². The number of methoxy groups -OCH3 is 1. The molecule has 0 aliphatic heterocycles. The molecule has 1 unspecified atom stereocenters. The number of likely N-dealkylation sites (N-methyl/N-ethyl adjacent to an activating group) is 2.